The maximum absolute atomic E-state index is 13.5. The van der Waals surface area contributed by atoms with Crippen molar-refractivity contribution in [1.82, 2.24) is 4.98 Å². The van der Waals surface area contributed by atoms with Gasteiger partial charge in [-0.3, -0.25) is 4.79 Å². The zero-order chi connectivity index (χ0) is 13.7. The highest BCUT2D eigenvalue weighted by atomic mass is 35.5. The molecule has 1 aromatic heterocycles. The van der Waals surface area contributed by atoms with Crippen molar-refractivity contribution in [1.29, 1.82) is 0 Å². The molecule has 1 amide bonds. The van der Waals surface area contributed by atoms with Crippen LogP contribution in [0.15, 0.2) is 23.2 Å². The first-order valence-electron chi connectivity index (χ1n) is 5.32. The first-order valence-corrected chi connectivity index (χ1v) is 6.92. The van der Waals surface area contributed by atoms with E-state index in [9.17, 15) is 9.18 Å². The summed E-state index contributed by atoms with van der Waals surface area (Å²) in [5.74, 6) is -0.903. The molecule has 1 heterocycles. The van der Waals surface area contributed by atoms with Gasteiger partial charge in [-0.15, -0.1) is 11.8 Å². The molecule has 0 atom stereocenters. The summed E-state index contributed by atoms with van der Waals surface area (Å²) in [6.45, 7) is 3.93. The first-order chi connectivity index (χ1) is 8.43. The maximum Gasteiger partial charge on any atom is 0.262 e. The number of nitrogens with one attached hydrogen (secondary N) is 1. The molecule has 0 saturated heterocycles. The van der Waals surface area contributed by atoms with Crippen LogP contribution in [0, 0.1) is 11.7 Å². The number of carbonyl (C=O) groups is 1. The molecule has 0 aliphatic carbocycles. The Balaban J connectivity index is 2.86. The van der Waals surface area contributed by atoms with Crippen molar-refractivity contribution in [3.05, 3.63) is 34.1 Å². The van der Waals surface area contributed by atoms with Crippen LogP contribution in [0.4, 0.5) is 10.2 Å². The van der Waals surface area contributed by atoms with Crippen LogP contribution in [0.1, 0.15) is 13.8 Å². The zero-order valence-corrected chi connectivity index (χ0v) is 11.9. The summed E-state index contributed by atoms with van der Waals surface area (Å²) in [5.41, 5.74) is 0. The summed E-state index contributed by atoms with van der Waals surface area (Å²) in [6, 6.07) is 1.11. The molecule has 0 aliphatic rings. The second-order valence-corrected chi connectivity index (χ2v) is 5.20. The Morgan fingerprint density at radius 2 is 2.28 bits per heavy atom. The van der Waals surface area contributed by atoms with Gasteiger partial charge in [-0.2, -0.15) is 0 Å². The monoisotopic (exact) mass is 288 g/mol. The lowest BCUT2D eigenvalue weighted by Gasteiger charge is -2.08. The predicted octanol–water partition coefficient (Wildman–Crippen LogP) is 3.72. The van der Waals surface area contributed by atoms with Crippen molar-refractivity contribution in [3.8, 4) is 0 Å². The Bertz CT molecular complexity index is 477. The lowest BCUT2D eigenvalue weighted by molar-refractivity contribution is -0.112. The van der Waals surface area contributed by atoms with Crippen molar-refractivity contribution in [2.75, 3.05) is 11.6 Å². The second kappa shape index (κ2) is 6.75. The van der Waals surface area contributed by atoms with Gasteiger partial charge in [0.25, 0.3) is 5.91 Å². The highest BCUT2D eigenvalue weighted by Crippen LogP contribution is 2.19. The topological polar surface area (TPSA) is 42.0 Å². The SMILES string of the molecule is CSC(=CC(C)C)C(=O)Nc1ncc(Cl)cc1F. The third kappa shape index (κ3) is 4.31. The van der Waals surface area contributed by atoms with Crippen molar-refractivity contribution in [2.45, 2.75) is 13.8 Å². The van der Waals surface area contributed by atoms with Crippen molar-refractivity contribution >= 4 is 35.1 Å². The number of thioether (sulfide) groups is 1. The van der Waals surface area contributed by atoms with E-state index in [1.165, 1.54) is 18.0 Å². The Labute approximate surface area is 115 Å². The summed E-state index contributed by atoms with van der Waals surface area (Å²) in [6.07, 6.45) is 4.89. The van der Waals surface area contributed by atoms with Gasteiger partial charge in [-0.05, 0) is 18.2 Å². The zero-order valence-electron chi connectivity index (χ0n) is 10.3. The number of hydrogen-bond donors (Lipinski definition) is 1. The average molecular weight is 289 g/mol. The molecule has 6 heteroatoms. The molecule has 0 saturated carbocycles. The van der Waals surface area contributed by atoms with E-state index < -0.39 is 5.82 Å². The molecular weight excluding hydrogens is 275 g/mol. The van der Waals surface area contributed by atoms with Crippen LogP contribution in [0.3, 0.4) is 0 Å². The number of aromatic nitrogens is 1. The quantitative estimate of drug-likeness (QED) is 0.859. The van der Waals surface area contributed by atoms with Gasteiger partial charge in [0.15, 0.2) is 11.6 Å². The smallest absolute Gasteiger partial charge is 0.262 e. The molecule has 3 nitrogen and oxygen atoms in total. The van der Waals surface area contributed by atoms with Crippen LogP contribution in [0.2, 0.25) is 5.02 Å². The Kier molecular flexibility index (Phi) is 5.62. The number of nitrogens with zero attached hydrogens (tertiary/aromatic N) is 1. The molecule has 0 spiro atoms. The van der Waals surface area contributed by atoms with Crippen LogP contribution in [-0.2, 0) is 4.79 Å². The molecule has 0 aromatic carbocycles. The summed E-state index contributed by atoms with van der Waals surface area (Å²) in [5, 5.41) is 2.61. The summed E-state index contributed by atoms with van der Waals surface area (Å²) >= 11 is 6.89. The van der Waals surface area contributed by atoms with E-state index in [-0.39, 0.29) is 22.7 Å². The Hall–Kier alpha value is -1.07. The molecule has 0 fully saturated rings. The van der Waals surface area contributed by atoms with E-state index in [2.05, 4.69) is 10.3 Å². The van der Waals surface area contributed by atoms with Gasteiger partial charge in [0.2, 0.25) is 0 Å². The fourth-order valence-corrected chi connectivity index (χ4v) is 2.00. The molecule has 0 unspecified atom stereocenters. The van der Waals surface area contributed by atoms with E-state index in [4.69, 9.17) is 11.6 Å². The number of amides is 1. The minimum Gasteiger partial charge on any atom is -0.304 e. The molecule has 98 valence electrons. The number of allylic oxidation sites excluding steroid dienone is 1. The van der Waals surface area contributed by atoms with Gasteiger partial charge in [0, 0.05) is 6.20 Å². The van der Waals surface area contributed by atoms with Crippen LogP contribution in [0.5, 0.6) is 0 Å². The Morgan fingerprint density at radius 3 is 2.78 bits per heavy atom. The maximum atomic E-state index is 13.5. The highest BCUT2D eigenvalue weighted by molar-refractivity contribution is 8.03. The van der Waals surface area contributed by atoms with Gasteiger partial charge in [-0.25, -0.2) is 9.37 Å². The lowest BCUT2D eigenvalue weighted by Crippen LogP contribution is -2.15. The van der Waals surface area contributed by atoms with E-state index in [0.717, 1.165) is 6.07 Å². The van der Waals surface area contributed by atoms with Crippen LogP contribution in [-0.4, -0.2) is 17.1 Å². The van der Waals surface area contributed by atoms with Crippen LogP contribution in [0.25, 0.3) is 0 Å². The first kappa shape index (κ1) is 15.0. The second-order valence-electron chi connectivity index (χ2n) is 3.92. The number of rotatable bonds is 4. The van der Waals surface area contributed by atoms with Crippen molar-refractivity contribution in [2.24, 2.45) is 5.92 Å². The third-order valence-electron chi connectivity index (χ3n) is 1.97. The lowest BCUT2D eigenvalue weighted by atomic mass is 10.2. The van der Waals surface area contributed by atoms with Crippen molar-refractivity contribution < 1.29 is 9.18 Å². The van der Waals surface area contributed by atoms with Gasteiger partial charge in [0.05, 0.1) is 9.93 Å². The number of halogens is 2. The van der Waals surface area contributed by atoms with E-state index in [0.29, 0.717) is 4.91 Å². The standard InChI is InChI=1S/C12H14ClFN2OS/c1-7(2)4-10(18-3)12(17)16-11-9(14)5-8(13)6-15-11/h4-7H,1-3H3,(H,15,16,17). The molecule has 0 bridgehead atoms. The van der Waals surface area contributed by atoms with E-state index >= 15 is 0 Å². The highest BCUT2D eigenvalue weighted by Gasteiger charge is 2.13. The number of pyridine rings is 1. The third-order valence-corrected chi connectivity index (χ3v) is 2.94. The van der Waals surface area contributed by atoms with Crippen molar-refractivity contribution in [3.63, 3.8) is 0 Å². The normalized spacial score (nSPS) is 11.8. The number of anilines is 1. The largest absolute Gasteiger partial charge is 0.304 e. The summed E-state index contributed by atoms with van der Waals surface area (Å²) in [4.78, 5) is 16.1. The Morgan fingerprint density at radius 1 is 1.61 bits per heavy atom. The van der Waals surface area contributed by atoms with Crippen LogP contribution >= 0.6 is 23.4 Å². The minimum atomic E-state index is -0.652. The summed E-state index contributed by atoms with van der Waals surface area (Å²) < 4.78 is 13.5. The van der Waals surface area contributed by atoms with Gasteiger partial charge in [-0.1, -0.05) is 31.5 Å². The molecule has 18 heavy (non-hydrogen) atoms. The molecule has 0 radical (unpaired) electrons. The van der Waals surface area contributed by atoms with Gasteiger partial charge < -0.3 is 5.32 Å². The molecular formula is C12H14ClFN2OS. The average Bonchev–Trinajstić information content (AvgIpc) is 2.29. The molecule has 1 aromatic rings. The predicted molar refractivity (Wildman–Crippen MR) is 74.3 cm³/mol. The number of hydrogen-bond acceptors (Lipinski definition) is 3. The fourth-order valence-electron chi connectivity index (χ4n) is 1.21. The molecule has 1 rings (SSSR count). The van der Waals surface area contributed by atoms with Gasteiger partial charge in [0.1, 0.15) is 0 Å². The van der Waals surface area contributed by atoms with Gasteiger partial charge >= 0.3 is 0 Å². The minimum absolute atomic E-state index is 0.117. The van der Waals surface area contributed by atoms with E-state index in [1.807, 2.05) is 19.9 Å². The van der Waals surface area contributed by atoms with Crippen LogP contribution < -0.4 is 5.32 Å². The molecule has 0 aliphatic heterocycles. The fraction of sp³-hybridized carbons (Fsp3) is 0.333. The summed E-state index contributed by atoms with van der Waals surface area (Å²) in [7, 11) is 0. The molecule has 1 N–H and O–H groups in total. The number of carbonyl (C=O) groups excluding carboxylic acids is 1. The van der Waals surface area contributed by atoms with E-state index in [1.54, 1.807) is 6.26 Å².